The molecule has 1 fully saturated rings. The highest BCUT2D eigenvalue weighted by molar-refractivity contribution is 5.76. The Labute approximate surface area is 91.3 Å². The minimum Gasteiger partial charge on any atom is -0.468 e. The van der Waals surface area contributed by atoms with Gasteiger partial charge in [-0.15, -0.1) is 0 Å². The summed E-state index contributed by atoms with van der Waals surface area (Å²) in [6, 6.07) is -0.134. The minimum absolute atomic E-state index is 0.134. The zero-order valence-electron chi connectivity index (χ0n) is 9.79. The zero-order chi connectivity index (χ0) is 11.3. The molecule has 0 radical (unpaired) electrons. The van der Waals surface area contributed by atoms with Gasteiger partial charge in [-0.05, 0) is 32.6 Å². The number of rotatable bonds is 7. The van der Waals surface area contributed by atoms with Crippen LogP contribution in [0, 0.1) is 5.92 Å². The third-order valence-electron chi connectivity index (χ3n) is 2.47. The van der Waals surface area contributed by atoms with Gasteiger partial charge >= 0.3 is 5.97 Å². The summed E-state index contributed by atoms with van der Waals surface area (Å²) < 4.78 is 10.1. The van der Waals surface area contributed by atoms with Crippen LogP contribution in [0.25, 0.3) is 0 Å². The molecule has 1 N–H and O–H groups in total. The quantitative estimate of drug-likeness (QED) is 0.507. The lowest BCUT2D eigenvalue weighted by molar-refractivity contribution is -0.143. The first kappa shape index (κ1) is 12.5. The minimum atomic E-state index is -0.151. The smallest absolute Gasteiger partial charge is 0.323 e. The van der Waals surface area contributed by atoms with Gasteiger partial charge in [0.2, 0.25) is 0 Å². The zero-order valence-corrected chi connectivity index (χ0v) is 9.79. The third-order valence-corrected chi connectivity index (χ3v) is 2.47. The molecule has 0 spiro atoms. The fraction of sp³-hybridized carbons (Fsp3) is 0.909. The van der Waals surface area contributed by atoms with E-state index >= 15 is 0 Å². The number of esters is 1. The van der Waals surface area contributed by atoms with E-state index in [1.54, 1.807) is 0 Å². The highest BCUT2D eigenvalue weighted by Gasteiger charge is 2.36. The summed E-state index contributed by atoms with van der Waals surface area (Å²) in [6.45, 7) is 5.34. The predicted octanol–water partition coefficient (Wildman–Crippen LogP) is 0.953. The van der Waals surface area contributed by atoms with Crippen molar-refractivity contribution in [1.29, 1.82) is 0 Å². The standard InChI is InChI=1S/C11H21NO3/c1-8(2)15-7-6-12-10(9-4-5-9)11(13)14-3/h8-10,12H,4-7H2,1-3H3. The molecule has 1 saturated carbocycles. The van der Waals surface area contributed by atoms with Crippen molar-refractivity contribution in [3.05, 3.63) is 0 Å². The number of nitrogens with one attached hydrogen (secondary N) is 1. The molecule has 1 aliphatic rings. The largest absolute Gasteiger partial charge is 0.468 e. The molecule has 1 unspecified atom stereocenters. The van der Waals surface area contributed by atoms with Gasteiger partial charge in [-0.1, -0.05) is 0 Å². The van der Waals surface area contributed by atoms with Crippen molar-refractivity contribution >= 4 is 5.97 Å². The summed E-state index contributed by atoms with van der Waals surface area (Å²) in [7, 11) is 1.43. The van der Waals surface area contributed by atoms with E-state index in [0.717, 1.165) is 12.8 Å². The first-order chi connectivity index (χ1) is 7.15. The number of carbonyl (C=O) groups is 1. The highest BCUT2D eigenvalue weighted by Crippen LogP contribution is 2.32. The van der Waals surface area contributed by atoms with Gasteiger partial charge in [-0.25, -0.2) is 0 Å². The third kappa shape index (κ3) is 4.62. The molecule has 1 atom stereocenters. The van der Waals surface area contributed by atoms with Crippen molar-refractivity contribution in [3.8, 4) is 0 Å². The summed E-state index contributed by atoms with van der Waals surface area (Å²) in [5.74, 6) is 0.318. The van der Waals surface area contributed by atoms with Crippen molar-refractivity contribution in [1.82, 2.24) is 5.32 Å². The van der Waals surface area contributed by atoms with Gasteiger partial charge < -0.3 is 14.8 Å². The molecular formula is C11H21NO3. The average molecular weight is 215 g/mol. The second-order valence-electron chi connectivity index (χ2n) is 4.21. The molecule has 0 heterocycles. The van der Waals surface area contributed by atoms with Crippen LogP contribution in [0.4, 0.5) is 0 Å². The Hall–Kier alpha value is -0.610. The molecular weight excluding hydrogens is 194 g/mol. The van der Waals surface area contributed by atoms with Gasteiger partial charge in [0.1, 0.15) is 6.04 Å². The summed E-state index contributed by atoms with van der Waals surface area (Å²) in [5.41, 5.74) is 0. The molecule has 88 valence electrons. The Balaban J connectivity index is 2.17. The maximum Gasteiger partial charge on any atom is 0.323 e. The van der Waals surface area contributed by atoms with Gasteiger partial charge in [0.25, 0.3) is 0 Å². The van der Waals surface area contributed by atoms with Crippen molar-refractivity contribution < 1.29 is 14.3 Å². The van der Waals surface area contributed by atoms with Crippen LogP contribution < -0.4 is 5.32 Å². The molecule has 0 aromatic rings. The number of hydrogen-bond donors (Lipinski definition) is 1. The van der Waals surface area contributed by atoms with E-state index in [1.807, 2.05) is 13.8 Å². The number of carbonyl (C=O) groups excluding carboxylic acids is 1. The normalized spacial score (nSPS) is 17.9. The number of hydrogen-bond acceptors (Lipinski definition) is 4. The van der Waals surface area contributed by atoms with Gasteiger partial charge in [0.15, 0.2) is 0 Å². The van der Waals surface area contributed by atoms with Gasteiger partial charge in [-0.2, -0.15) is 0 Å². The van der Waals surface area contributed by atoms with Crippen LogP contribution in [-0.4, -0.2) is 38.4 Å². The van der Waals surface area contributed by atoms with Crippen molar-refractivity contribution in [3.63, 3.8) is 0 Å². The molecule has 15 heavy (non-hydrogen) atoms. The van der Waals surface area contributed by atoms with Crippen LogP contribution in [0.2, 0.25) is 0 Å². The monoisotopic (exact) mass is 215 g/mol. The van der Waals surface area contributed by atoms with Crippen molar-refractivity contribution in [2.24, 2.45) is 5.92 Å². The molecule has 4 nitrogen and oxygen atoms in total. The van der Waals surface area contributed by atoms with E-state index in [4.69, 9.17) is 9.47 Å². The first-order valence-corrected chi connectivity index (χ1v) is 5.58. The highest BCUT2D eigenvalue weighted by atomic mass is 16.5. The van der Waals surface area contributed by atoms with Crippen LogP contribution in [0.1, 0.15) is 26.7 Å². The molecule has 0 aromatic carbocycles. The van der Waals surface area contributed by atoms with Crippen LogP contribution in [0.15, 0.2) is 0 Å². The molecule has 0 saturated heterocycles. The van der Waals surface area contributed by atoms with Crippen molar-refractivity contribution in [2.45, 2.75) is 38.8 Å². The van der Waals surface area contributed by atoms with Gasteiger partial charge in [0.05, 0.1) is 19.8 Å². The molecule has 0 amide bonds. The van der Waals surface area contributed by atoms with Crippen molar-refractivity contribution in [2.75, 3.05) is 20.3 Å². The molecule has 1 rings (SSSR count). The lowest BCUT2D eigenvalue weighted by atomic mass is 10.2. The van der Waals surface area contributed by atoms with Crippen LogP contribution in [-0.2, 0) is 14.3 Å². The summed E-state index contributed by atoms with van der Waals surface area (Å²) in [4.78, 5) is 11.4. The summed E-state index contributed by atoms with van der Waals surface area (Å²) in [6.07, 6.45) is 2.49. The van der Waals surface area contributed by atoms with Crippen LogP contribution >= 0.6 is 0 Å². The predicted molar refractivity (Wildman–Crippen MR) is 57.6 cm³/mol. The molecule has 4 heteroatoms. The van der Waals surface area contributed by atoms with Crippen LogP contribution in [0.3, 0.4) is 0 Å². The Morgan fingerprint density at radius 1 is 1.47 bits per heavy atom. The van der Waals surface area contributed by atoms with E-state index in [2.05, 4.69) is 5.32 Å². The van der Waals surface area contributed by atoms with E-state index in [-0.39, 0.29) is 18.1 Å². The van der Waals surface area contributed by atoms with E-state index in [1.165, 1.54) is 7.11 Å². The maximum atomic E-state index is 11.4. The fourth-order valence-corrected chi connectivity index (χ4v) is 1.51. The SMILES string of the molecule is COC(=O)C(NCCOC(C)C)C1CC1. The Morgan fingerprint density at radius 2 is 2.13 bits per heavy atom. The Bertz CT molecular complexity index is 202. The van der Waals surface area contributed by atoms with E-state index in [0.29, 0.717) is 19.1 Å². The number of ether oxygens (including phenoxy) is 2. The fourth-order valence-electron chi connectivity index (χ4n) is 1.51. The lowest BCUT2D eigenvalue weighted by Gasteiger charge is -2.16. The maximum absolute atomic E-state index is 11.4. The van der Waals surface area contributed by atoms with E-state index < -0.39 is 0 Å². The topological polar surface area (TPSA) is 47.6 Å². The van der Waals surface area contributed by atoms with Gasteiger partial charge in [-0.3, -0.25) is 4.79 Å². The second-order valence-corrected chi connectivity index (χ2v) is 4.21. The number of methoxy groups -OCH3 is 1. The first-order valence-electron chi connectivity index (χ1n) is 5.58. The molecule has 0 aromatic heterocycles. The van der Waals surface area contributed by atoms with Crippen LogP contribution in [0.5, 0.6) is 0 Å². The molecule has 0 aliphatic heterocycles. The second kappa shape index (κ2) is 6.08. The average Bonchev–Trinajstić information content (AvgIpc) is 3.00. The summed E-state index contributed by atoms with van der Waals surface area (Å²) >= 11 is 0. The Morgan fingerprint density at radius 3 is 2.60 bits per heavy atom. The molecule has 0 bridgehead atoms. The lowest BCUT2D eigenvalue weighted by Crippen LogP contribution is -2.41. The Kier molecular flexibility index (Phi) is 5.05. The summed E-state index contributed by atoms with van der Waals surface area (Å²) in [5, 5.41) is 3.19. The molecule has 1 aliphatic carbocycles. The van der Waals surface area contributed by atoms with Gasteiger partial charge in [0, 0.05) is 6.54 Å². The van der Waals surface area contributed by atoms with E-state index in [9.17, 15) is 4.79 Å².